The maximum absolute atomic E-state index is 13.8. The van der Waals surface area contributed by atoms with E-state index in [0.717, 1.165) is 21.0 Å². The van der Waals surface area contributed by atoms with Gasteiger partial charge in [-0.25, -0.2) is 8.42 Å². The molecule has 7 nitrogen and oxygen atoms in total. The van der Waals surface area contributed by atoms with Gasteiger partial charge in [-0.05, 0) is 55.7 Å². The molecule has 1 atom stereocenters. The maximum atomic E-state index is 13.8. The van der Waals surface area contributed by atoms with E-state index in [0.29, 0.717) is 12.1 Å². The van der Waals surface area contributed by atoms with Crippen LogP contribution in [0.4, 0.5) is 5.69 Å². The Balaban J connectivity index is 2.05. The zero-order valence-electron chi connectivity index (χ0n) is 21.1. The van der Waals surface area contributed by atoms with Gasteiger partial charge in [-0.1, -0.05) is 67.1 Å². The van der Waals surface area contributed by atoms with Crippen LogP contribution in [-0.4, -0.2) is 44.8 Å². The number of nitrogens with zero attached hydrogens (tertiary/aromatic N) is 2. The van der Waals surface area contributed by atoms with Gasteiger partial charge in [0, 0.05) is 13.6 Å². The van der Waals surface area contributed by atoms with Gasteiger partial charge in [-0.3, -0.25) is 13.9 Å². The van der Waals surface area contributed by atoms with Gasteiger partial charge >= 0.3 is 0 Å². The average Bonchev–Trinajstić information content (AvgIpc) is 2.87. The molecule has 0 aliphatic rings. The number of aryl methyl sites for hydroxylation is 2. The SMILES string of the molecule is CC[C@H](C(=O)NC)N(Cc1ccccc1)C(=O)CN(c1cccc(C)c1)S(=O)(=O)c1ccc(C)cc1. The molecule has 0 saturated heterocycles. The molecule has 0 unspecified atom stereocenters. The normalized spacial score (nSPS) is 12.0. The Morgan fingerprint density at radius 1 is 0.889 bits per heavy atom. The molecule has 1 N–H and O–H groups in total. The number of hydrogen-bond donors (Lipinski definition) is 1. The lowest BCUT2D eigenvalue weighted by Crippen LogP contribution is -2.51. The number of carbonyl (C=O) groups is 2. The summed E-state index contributed by atoms with van der Waals surface area (Å²) in [5.41, 5.74) is 3.02. The number of benzene rings is 3. The van der Waals surface area contributed by atoms with Gasteiger partial charge in [0.05, 0.1) is 10.6 Å². The van der Waals surface area contributed by atoms with E-state index in [2.05, 4.69) is 5.32 Å². The van der Waals surface area contributed by atoms with Crippen LogP contribution < -0.4 is 9.62 Å². The fourth-order valence-corrected chi connectivity index (χ4v) is 5.42. The number of likely N-dealkylation sites (N-methyl/N-ethyl adjacent to an activating group) is 1. The molecule has 3 aromatic rings. The minimum atomic E-state index is -4.06. The van der Waals surface area contributed by atoms with E-state index in [4.69, 9.17) is 0 Å². The molecule has 0 saturated carbocycles. The van der Waals surface area contributed by atoms with E-state index in [1.807, 2.05) is 57.2 Å². The molecular formula is C28H33N3O4S. The van der Waals surface area contributed by atoms with Gasteiger partial charge in [0.25, 0.3) is 10.0 Å². The van der Waals surface area contributed by atoms with Crippen LogP contribution in [0.5, 0.6) is 0 Å². The van der Waals surface area contributed by atoms with Crippen molar-refractivity contribution in [3.8, 4) is 0 Å². The van der Waals surface area contributed by atoms with Crippen molar-refractivity contribution in [3.05, 3.63) is 95.6 Å². The number of nitrogens with one attached hydrogen (secondary N) is 1. The van der Waals surface area contributed by atoms with Crippen LogP contribution in [0.2, 0.25) is 0 Å². The summed E-state index contributed by atoms with van der Waals surface area (Å²) in [6.45, 7) is 5.30. The van der Waals surface area contributed by atoms with Crippen molar-refractivity contribution in [3.63, 3.8) is 0 Å². The highest BCUT2D eigenvalue weighted by molar-refractivity contribution is 7.92. The molecule has 0 heterocycles. The first-order valence-corrected chi connectivity index (χ1v) is 13.3. The molecule has 0 aromatic heterocycles. The minimum absolute atomic E-state index is 0.0929. The van der Waals surface area contributed by atoms with Gasteiger partial charge in [0.1, 0.15) is 12.6 Å². The van der Waals surface area contributed by atoms with Gasteiger partial charge in [-0.2, -0.15) is 0 Å². The van der Waals surface area contributed by atoms with Crippen LogP contribution >= 0.6 is 0 Å². The van der Waals surface area contributed by atoms with E-state index in [1.54, 1.807) is 42.5 Å². The molecule has 190 valence electrons. The molecule has 3 rings (SSSR count). The molecule has 2 amide bonds. The fourth-order valence-electron chi connectivity index (χ4n) is 4.02. The lowest BCUT2D eigenvalue weighted by molar-refractivity contribution is -0.140. The van der Waals surface area contributed by atoms with Crippen LogP contribution in [0.25, 0.3) is 0 Å². The quantitative estimate of drug-likeness (QED) is 0.449. The summed E-state index contributed by atoms with van der Waals surface area (Å²) in [5.74, 6) is -0.767. The Bertz CT molecular complexity index is 1290. The lowest BCUT2D eigenvalue weighted by Gasteiger charge is -2.33. The van der Waals surface area contributed by atoms with Gasteiger partial charge in [0.2, 0.25) is 11.8 Å². The number of hydrogen-bond acceptors (Lipinski definition) is 4. The average molecular weight is 508 g/mol. The fraction of sp³-hybridized carbons (Fsp3) is 0.286. The van der Waals surface area contributed by atoms with E-state index >= 15 is 0 Å². The number of sulfonamides is 1. The van der Waals surface area contributed by atoms with Crippen LogP contribution in [0.3, 0.4) is 0 Å². The standard InChI is InChI=1S/C28H33N3O4S/c1-5-26(28(33)29-4)30(19-23-11-7-6-8-12-23)27(32)20-31(24-13-9-10-22(3)18-24)36(34,35)25-16-14-21(2)15-17-25/h6-18,26H,5,19-20H2,1-4H3,(H,29,33)/t26-/m1/s1. The summed E-state index contributed by atoms with van der Waals surface area (Å²) in [5, 5.41) is 2.63. The molecule has 36 heavy (non-hydrogen) atoms. The van der Waals surface area contributed by atoms with Gasteiger partial charge < -0.3 is 10.2 Å². The lowest BCUT2D eigenvalue weighted by atomic mass is 10.1. The van der Waals surface area contributed by atoms with Crippen LogP contribution in [0, 0.1) is 13.8 Å². The van der Waals surface area contributed by atoms with Crippen LogP contribution in [0.1, 0.15) is 30.0 Å². The number of rotatable bonds is 10. The van der Waals surface area contributed by atoms with Crippen molar-refractivity contribution >= 4 is 27.5 Å². The van der Waals surface area contributed by atoms with Crippen molar-refractivity contribution in [2.75, 3.05) is 17.9 Å². The van der Waals surface area contributed by atoms with Crippen LogP contribution in [0.15, 0.2) is 83.8 Å². The summed E-state index contributed by atoms with van der Waals surface area (Å²) in [4.78, 5) is 28.1. The molecule has 0 fully saturated rings. The number of amides is 2. The monoisotopic (exact) mass is 507 g/mol. The summed E-state index contributed by atoms with van der Waals surface area (Å²) in [6.07, 6.45) is 0.382. The van der Waals surface area contributed by atoms with E-state index in [-0.39, 0.29) is 17.3 Å². The number of anilines is 1. The Morgan fingerprint density at radius 2 is 1.56 bits per heavy atom. The van der Waals surface area contributed by atoms with Crippen molar-refractivity contribution in [2.45, 2.75) is 44.7 Å². The van der Waals surface area contributed by atoms with Gasteiger partial charge in [0.15, 0.2) is 0 Å². The maximum Gasteiger partial charge on any atom is 0.264 e. The van der Waals surface area contributed by atoms with E-state index in [1.165, 1.54) is 11.9 Å². The van der Waals surface area contributed by atoms with Crippen LogP contribution in [-0.2, 0) is 26.2 Å². The zero-order chi connectivity index (χ0) is 26.3. The highest BCUT2D eigenvalue weighted by Crippen LogP contribution is 2.26. The Kier molecular flexibility index (Phi) is 8.88. The Morgan fingerprint density at radius 3 is 2.14 bits per heavy atom. The molecular weight excluding hydrogens is 474 g/mol. The predicted octanol–water partition coefficient (Wildman–Crippen LogP) is 4.05. The zero-order valence-corrected chi connectivity index (χ0v) is 22.0. The first-order valence-electron chi connectivity index (χ1n) is 11.9. The third-order valence-corrected chi connectivity index (χ3v) is 7.79. The van der Waals surface area contributed by atoms with E-state index < -0.39 is 28.5 Å². The second kappa shape index (κ2) is 11.9. The largest absolute Gasteiger partial charge is 0.357 e. The predicted molar refractivity (Wildman–Crippen MR) is 142 cm³/mol. The first-order chi connectivity index (χ1) is 17.2. The topological polar surface area (TPSA) is 86.8 Å². The Hall–Kier alpha value is -3.65. The molecule has 0 aliphatic heterocycles. The molecule has 0 bridgehead atoms. The summed E-state index contributed by atoms with van der Waals surface area (Å²) >= 11 is 0. The molecule has 0 spiro atoms. The molecule has 3 aromatic carbocycles. The second-order valence-corrected chi connectivity index (χ2v) is 10.6. The van der Waals surface area contributed by atoms with Gasteiger partial charge in [-0.15, -0.1) is 0 Å². The van der Waals surface area contributed by atoms with E-state index in [9.17, 15) is 18.0 Å². The highest BCUT2D eigenvalue weighted by Gasteiger charge is 2.33. The first kappa shape index (κ1) is 26.9. The van der Waals surface area contributed by atoms with Crippen molar-refractivity contribution in [1.29, 1.82) is 0 Å². The third-order valence-electron chi connectivity index (χ3n) is 6.01. The molecule has 0 aliphatic carbocycles. The second-order valence-electron chi connectivity index (χ2n) is 8.71. The smallest absolute Gasteiger partial charge is 0.264 e. The van der Waals surface area contributed by atoms with Crippen molar-refractivity contribution in [2.24, 2.45) is 0 Å². The third kappa shape index (κ3) is 6.31. The summed E-state index contributed by atoms with van der Waals surface area (Å²) in [6, 6.07) is 22.2. The number of carbonyl (C=O) groups excluding carboxylic acids is 2. The summed E-state index contributed by atoms with van der Waals surface area (Å²) in [7, 11) is -2.54. The highest BCUT2D eigenvalue weighted by atomic mass is 32.2. The molecule has 0 radical (unpaired) electrons. The van der Waals surface area contributed by atoms with Crippen molar-refractivity contribution in [1.82, 2.24) is 10.2 Å². The minimum Gasteiger partial charge on any atom is -0.357 e. The van der Waals surface area contributed by atoms with Crippen molar-refractivity contribution < 1.29 is 18.0 Å². The molecule has 8 heteroatoms. The Labute approximate surface area is 213 Å². The summed E-state index contributed by atoms with van der Waals surface area (Å²) < 4.78 is 28.7.